The number of nitrogens with zero attached hydrogens (tertiary/aromatic N) is 1. The molecule has 3 heteroatoms. The van der Waals surface area contributed by atoms with E-state index in [-0.39, 0.29) is 0 Å². The van der Waals surface area contributed by atoms with E-state index in [0.29, 0.717) is 6.54 Å². The monoisotopic (exact) mass is 192 g/mol. The molecule has 0 atom stereocenters. The van der Waals surface area contributed by atoms with Gasteiger partial charge in [0.2, 0.25) is 0 Å². The van der Waals surface area contributed by atoms with Crippen molar-refractivity contribution in [1.29, 1.82) is 0 Å². The molecule has 0 unspecified atom stereocenters. The van der Waals surface area contributed by atoms with E-state index in [2.05, 4.69) is 4.98 Å². The third-order valence-electron chi connectivity index (χ3n) is 2.02. The highest BCUT2D eigenvalue weighted by atomic mass is 35.5. The Bertz CT molecular complexity index is 440. The second-order valence-electron chi connectivity index (χ2n) is 2.81. The molecule has 0 bridgehead atoms. The van der Waals surface area contributed by atoms with Crippen LogP contribution in [0.1, 0.15) is 5.56 Å². The van der Waals surface area contributed by atoms with Crippen LogP contribution in [-0.2, 0) is 6.54 Å². The Hall–Kier alpha value is -1.12. The quantitative estimate of drug-likeness (QED) is 0.754. The van der Waals surface area contributed by atoms with E-state index in [9.17, 15) is 0 Å². The van der Waals surface area contributed by atoms with Crippen molar-refractivity contribution in [2.24, 2.45) is 5.73 Å². The second kappa shape index (κ2) is 3.32. The van der Waals surface area contributed by atoms with Crippen molar-refractivity contribution in [3.63, 3.8) is 0 Å². The lowest BCUT2D eigenvalue weighted by atomic mass is 10.1. The summed E-state index contributed by atoms with van der Waals surface area (Å²) >= 11 is 6.01. The molecule has 13 heavy (non-hydrogen) atoms. The van der Waals surface area contributed by atoms with Crippen molar-refractivity contribution in [2.45, 2.75) is 6.54 Å². The molecule has 0 radical (unpaired) electrons. The van der Waals surface area contributed by atoms with Crippen molar-refractivity contribution in [1.82, 2.24) is 4.98 Å². The smallest absolute Gasteiger partial charge is 0.0761 e. The summed E-state index contributed by atoms with van der Waals surface area (Å²) in [4.78, 5) is 4.25. The molecule has 0 saturated heterocycles. The molecule has 2 nitrogen and oxygen atoms in total. The average molecular weight is 193 g/mol. The lowest BCUT2D eigenvalue weighted by Gasteiger charge is -2.03. The number of hydrogen-bond donors (Lipinski definition) is 1. The number of benzene rings is 1. The molecule has 0 saturated carbocycles. The van der Waals surface area contributed by atoms with E-state index in [1.165, 1.54) is 0 Å². The Morgan fingerprint density at radius 2 is 2.15 bits per heavy atom. The first kappa shape index (κ1) is 8.48. The molecule has 0 aliphatic heterocycles. The normalized spacial score (nSPS) is 10.6. The van der Waals surface area contributed by atoms with Crippen LogP contribution in [-0.4, -0.2) is 4.98 Å². The third-order valence-corrected chi connectivity index (χ3v) is 2.35. The largest absolute Gasteiger partial charge is 0.326 e. The van der Waals surface area contributed by atoms with Gasteiger partial charge >= 0.3 is 0 Å². The first-order chi connectivity index (χ1) is 6.33. The second-order valence-corrected chi connectivity index (χ2v) is 3.22. The van der Waals surface area contributed by atoms with Gasteiger partial charge in [-0.2, -0.15) is 0 Å². The molecule has 0 aliphatic rings. The Kier molecular flexibility index (Phi) is 2.17. The van der Waals surface area contributed by atoms with Gasteiger partial charge in [-0.15, -0.1) is 0 Å². The van der Waals surface area contributed by atoms with Gasteiger partial charge in [0.15, 0.2) is 0 Å². The van der Waals surface area contributed by atoms with Gasteiger partial charge in [-0.1, -0.05) is 17.7 Å². The van der Waals surface area contributed by atoms with E-state index in [1.54, 1.807) is 6.20 Å². The van der Waals surface area contributed by atoms with Crippen LogP contribution in [0.4, 0.5) is 0 Å². The molecular formula is C10H9ClN2. The summed E-state index contributed by atoms with van der Waals surface area (Å²) in [6, 6.07) is 7.59. The number of halogens is 1. The highest BCUT2D eigenvalue weighted by molar-refractivity contribution is 6.35. The molecule has 1 heterocycles. The predicted octanol–water partition coefficient (Wildman–Crippen LogP) is 2.35. The fraction of sp³-hybridized carbons (Fsp3) is 0.100. The van der Waals surface area contributed by atoms with E-state index < -0.39 is 0 Å². The van der Waals surface area contributed by atoms with E-state index in [1.807, 2.05) is 24.3 Å². The third kappa shape index (κ3) is 1.39. The molecule has 0 aliphatic carbocycles. The van der Waals surface area contributed by atoms with Crippen LogP contribution in [0.25, 0.3) is 10.9 Å². The number of nitrogens with two attached hydrogens (primary N) is 1. The van der Waals surface area contributed by atoms with Gasteiger partial charge < -0.3 is 5.73 Å². The summed E-state index contributed by atoms with van der Waals surface area (Å²) in [5, 5.41) is 1.69. The summed E-state index contributed by atoms with van der Waals surface area (Å²) in [7, 11) is 0. The fourth-order valence-electron chi connectivity index (χ4n) is 1.36. The highest BCUT2D eigenvalue weighted by Crippen LogP contribution is 2.24. The summed E-state index contributed by atoms with van der Waals surface area (Å²) in [6.07, 6.45) is 1.75. The summed E-state index contributed by atoms with van der Waals surface area (Å²) < 4.78 is 0. The lowest BCUT2D eigenvalue weighted by Crippen LogP contribution is -1.98. The van der Waals surface area contributed by atoms with Crippen molar-refractivity contribution in [3.8, 4) is 0 Å². The molecule has 0 spiro atoms. The van der Waals surface area contributed by atoms with Crippen LogP contribution < -0.4 is 5.73 Å². The Balaban J connectivity index is 2.84. The molecule has 2 N–H and O–H groups in total. The first-order valence-electron chi connectivity index (χ1n) is 4.05. The summed E-state index contributed by atoms with van der Waals surface area (Å²) in [5.41, 5.74) is 7.51. The summed E-state index contributed by atoms with van der Waals surface area (Å²) in [5.74, 6) is 0. The zero-order chi connectivity index (χ0) is 9.26. The minimum Gasteiger partial charge on any atom is -0.326 e. The molecule has 0 amide bonds. The van der Waals surface area contributed by atoms with Gasteiger partial charge in [-0.25, -0.2) is 0 Å². The maximum Gasteiger partial charge on any atom is 0.0761 e. The van der Waals surface area contributed by atoms with Crippen molar-refractivity contribution in [2.75, 3.05) is 0 Å². The SMILES string of the molecule is NCc1ccc(Cl)c2cccnc12. The standard InChI is InChI=1S/C10H9ClN2/c11-9-4-3-7(6-12)10-8(9)2-1-5-13-10/h1-5H,6,12H2. The van der Waals surface area contributed by atoms with Gasteiger partial charge in [-0.3, -0.25) is 4.98 Å². The Morgan fingerprint density at radius 1 is 1.31 bits per heavy atom. The maximum atomic E-state index is 6.01. The zero-order valence-electron chi connectivity index (χ0n) is 7.00. The van der Waals surface area contributed by atoms with Crippen molar-refractivity contribution >= 4 is 22.5 Å². The van der Waals surface area contributed by atoms with Crippen LogP contribution in [0.3, 0.4) is 0 Å². The van der Waals surface area contributed by atoms with E-state index >= 15 is 0 Å². The number of fused-ring (bicyclic) bond motifs is 1. The number of rotatable bonds is 1. The van der Waals surface area contributed by atoms with E-state index in [4.69, 9.17) is 17.3 Å². The van der Waals surface area contributed by atoms with Crippen molar-refractivity contribution in [3.05, 3.63) is 41.0 Å². The van der Waals surface area contributed by atoms with Gasteiger partial charge in [-0.05, 0) is 23.8 Å². The summed E-state index contributed by atoms with van der Waals surface area (Å²) in [6.45, 7) is 0.491. The van der Waals surface area contributed by atoms with Crippen LogP contribution in [0.15, 0.2) is 30.5 Å². The fourth-order valence-corrected chi connectivity index (χ4v) is 1.58. The zero-order valence-corrected chi connectivity index (χ0v) is 7.75. The molecule has 66 valence electrons. The van der Waals surface area contributed by atoms with E-state index in [0.717, 1.165) is 21.5 Å². The van der Waals surface area contributed by atoms with Crippen LogP contribution in [0, 0.1) is 0 Å². The number of hydrogen-bond acceptors (Lipinski definition) is 2. The predicted molar refractivity (Wildman–Crippen MR) is 54.6 cm³/mol. The number of aromatic nitrogens is 1. The lowest BCUT2D eigenvalue weighted by molar-refractivity contribution is 1.08. The molecule has 0 fully saturated rings. The molecule has 1 aromatic carbocycles. The molecule has 1 aromatic heterocycles. The van der Waals surface area contributed by atoms with Gasteiger partial charge in [0.25, 0.3) is 0 Å². The Labute approximate surface area is 81.3 Å². The first-order valence-corrected chi connectivity index (χ1v) is 4.43. The van der Waals surface area contributed by atoms with Crippen LogP contribution in [0.2, 0.25) is 5.02 Å². The van der Waals surface area contributed by atoms with Crippen molar-refractivity contribution < 1.29 is 0 Å². The molecule has 2 aromatic rings. The Morgan fingerprint density at radius 3 is 2.92 bits per heavy atom. The minimum absolute atomic E-state index is 0.491. The molecular weight excluding hydrogens is 184 g/mol. The topological polar surface area (TPSA) is 38.9 Å². The molecule has 2 rings (SSSR count). The number of pyridine rings is 1. The average Bonchev–Trinajstić information content (AvgIpc) is 2.19. The minimum atomic E-state index is 0.491. The van der Waals surface area contributed by atoms with Gasteiger partial charge in [0.1, 0.15) is 0 Å². The highest BCUT2D eigenvalue weighted by Gasteiger charge is 2.02. The maximum absolute atomic E-state index is 6.01. The van der Waals surface area contributed by atoms with Gasteiger partial charge in [0.05, 0.1) is 5.52 Å². The van der Waals surface area contributed by atoms with Gasteiger partial charge in [0, 0.05) is 23.2 Å². The van der Waals surface area contributed by atoms with Crippen LogP contribution >= 0.6 is 11.6 Å². The van der Waals surface area contributed by atoms with Crippen LogP contribution in [0.5, 0.6) is 0 Å².